The number of carbonyl (C=O) groups is 1. The molecule has 6 heteroatoms. The van der Waals surface area contributed by atoms with Crippen molar-refractivity contribution in [2.75, 3.05) is 25.6 Å². The highest BCUT2D eigenvalue weighted by Gasteiger charge is 2.28. The molecule has 0 N–H and O–H groups in total. The van der Waals surface area contributed by atoms with E-state index in [1.54, 1.807) is 23.1 Å². The number of hydrogen-bond acceptors (Lipinski definition) is 2. The second kappa shape index (κ2) is 6.24. The van der Waals surface area contributed by atoms with Crippen molar-refractivity contribution in [3.8, 4) is 0 Å². The van der Waals surface area contributed by atoms with E-state index in [4.69, 9.17) is 27.9 Å². The lowest BCUT2D eigenvalue weighted by Crippen LogP contribution is -2.49. The predicted molar refractivity (Wildman–Crippen MR) is 75.5 cm³/mol. The maximum absolute atomic E-state index is 12.4. The zero-order chi connectivity index (χ0) is 13.1. The zero-order valence-electron chi connectivity index (χ0n) is 9.54. The lowest BCUT2D eigenvalue weighted by molar-refractivity contribution is 0.00457. The molecule has 98 valence electrons. The quantitative estimate of drug-likeness (QED) is 0.765. The van der Waals surface area contributed by atoms with E-state index < -0.39 is 0 Å². The fourth-order valence-electron chi connectivity index (χ4n) is 1.87. The fourth-order valence-corrected chi connectivity index (χ4v) is 2.88. The van der Waals surface area contributed by atoms with Gasteiger partial charge in [-0.2, -0.15) is 0 Å². The molecule has 0 saturated carbocycles. The topological polar surface area (TPSA) is 29.5 Å². The third kappa shape index (κ3) is 2.99. The lowest BCUT2D eigenvalue weighted by atomic mass is 10.1. The van der Waals surface area contributed by atoms with Crippen LogP contribution in [0.4, 0.5) is 0 Å². The number of benzene rings is 1. The van der Waals surface area contributed by atoms with Gasteiger partial charge in [0.25, 0.3) is 5.91 Å². The predicted octanol–water partition coefficient (Wildman–Crippen LogP) is 3.18. The van der Waals surface area contributed by atoms with Crippen molar-refractivity contribution in [1.82, 2.24) is 4.90 Å². The molecular weight excluding hydrogens is 341 g/mol. The summed E-state index contributed by atoms with van der Waals surface area (Å²) in [6, 6.07) is 5.14. The van der Waals surface area contributed by atoms with Crippen LogP contribution in [-0.4, -0.2) is 42.5 Å². The van der Waals surface area contributed by atoms with Crippen LogP contribution in [0.1, 0.15) is 10.4 Å². The van der Waals surface area contributed by atoms with E-state index in [1.807, 2.05) is 0 Å². The molecule has 0 aliphatic carbocycles. The van der Waals surface area contributed by atoms with E-state index in [1.165, 1.54) is 0 Å². The van der Waals surface area contributed by atoms with Gasteiger partial charge in [0.1, 0.15) is 0 Å². The highest BCUT2D eigenvalue weighted by molar-refractivity contribution is 9.10. The van der Waals surface area contributed by atoms with E-state index in [-0.39, 0.29) is 11.9 Å². The average molecular weight is 353 g/mol. The first-order valence-corrected chi connectivity index (χ1v) is 7.23. The summed E-state index contributed by atoms with van der Waals surface area (Å²) in [5.74, 6) is 0.265. The summed E-state index contributed by atoms with van der Waals surface area (Å²) < 4.78 is 6.17. The third-order valence-corrected chi connectivity index (χ3v) is 3.99. The molecule has 18 heavy (non-hydrogen) atoms. The van der Waals surface area contributed by atoms with Gasteiger partial charge in [-0.15, -0.1) is 11.6 Å². The van der Waals surface area contributed by atoms with Crippen LogP contribution in [0.25, 0.3) is 0 Å². The summed E-state index contributed by atoms with van der Waals surface area (Å²) in [5, 5.41) is 0.439. The third-order valence-electron chi connectivity index (χ3n) is 2.83. The summed E-state index contributed by atoms with van der Waals surface area (Å²) >= 11 is 15.3. The number of morpholine rings is 1. The van der Waals surface area contributed by atoms with Crippen molar-refractivity contribution in [1.29, 1.82) is 0 Å². The summed E-state index contributed by atoms with van der Waals surface area (Å²) in [7, 11) is 0. The number of amides is 1. The molecule has 1 amide bonds. The Bertz CT molecular complexity index is 456. The van der Waals surface area contributed by atoms with E-state index in [2.05, 4.69) is 15.9 Å². The Balaban J connectivity index is 2.24. The summed E-state index contributed by atoms with van der Waals surface area (Å²) in [6.07, 6.45) is 0. The molecule has 3 nitrogen and oxygen atoms in total. The largest absolute Gasteiger partial charge is 0.377 e. The van der Waals surface area contributed by atoms with Crippen LogP contribution in [0.5, 0.6) is 0 Å². The minimum absolute atomic E-state index is 0.0902. The van der Waals surface area contributed by atoms with Crippen molar-refractivity contribution in [3.63, 3.8) is 0 Å². The number of alkyl halides is 1. The van der Waals surface area contributed by atoms with Gasteiger partial charge in [0, 0.05) is 16.9 Å². The van der Waals surface area contributed by atoms with Gasteiger partial charge < -0.3 is 9.64 Å². The summed E-state index contributed by atoms with van der Waals surface area (Å²) in [6.45, 7) is 1.55. The Kier molecular flexibility index (Phi) is 4.90. The van der Waals surface area contributed by atoms with E-state index >= 15 is 0 Å². The smallest absolute Gasteiger partial charge is 0.255 e. The van der Waals surface area contributed by atoms with Crippen molar-refractivity contribution >= 4 is 45.0 Å². The van der Waals surface area contributed by atoms with Gasteiger partial charge in [0.2, 0.25) is 0 Å². The highest BCUT2D eigenvalue weighted by atomic mass is 79.9. The minimum Gasteiger partial charge on any atom is -0.377 e. The minimum atomic E-state index is -0.0959. The molecule has 1 heterocycles. The van der Waals surface area contributed by atoms with Gasteiger partial charge in [-0.1, -0.05) is 27.5 Å². The molecule has 1 saturated heterocycles. The molecule has 1 aliphatic heterocycles. The zero-order valence-corrected chi connectivity index (χ0v) is 12.6. The fraction of sp³-hybridized carbons (Fsp3) is 0.417. The number of rotatable bonds is 2. The van der Waals surface area contributed by atoms with Crippen LogP contribution in [0.2, 0.25) is 5.02 Å². The first-order chi connectivity index (χ1) is 8.63. The van der Waals surface area contributed by atoms with Crippen molar-refractivity contribution in [2.24, 2.45) is 0 Å². The van der Waals surface area contributed by atoms with Crippen LogP contribution in [0.15, 0.2) is 22.7 Å². The molecule has 0 bridgehead atoms. The standard InChI is InChI=1S/C12H12BrCl2NO2/c13-8-1-2-10(11(15)5-8)12(17)16-3-4-18-7-9(16)6-14/h1-2,5,9H,3-4,6-7H2. The van der Waals surface area contributed by atoms with E-state index in [0.29, 0.717) is 36.2 Å². The van der Waals surface area contributed by atoms with Crippen molar-refractivity contribution < 1.29 is 9.53 Å². The molecule has 2 rings (SSSR count). The second-order valence-electron chi connectivity index (χ2n) is 4.01. The molecule has 0 radical (unpaired) electrons. The number of carbonyl (C=O) groups excluding carboxylic acids is 1. The van der Waals surface area contributed by atoms with Gasteiger partial charge in [-0.3, -0.25) is 4.79 Å². The van der Waals surface area contributed by atoms with E-state index in [0.717, 1.165) is 4.47 Å². The van der Waals surface area contributed by atoms with Gasteiger partial charge in [-0.05, 0) is 18.2 Å². The number of hydrogen-bond donors (Lipinski definition) is 0. The van der Waals surface area contributed by atoms with Crippen LogP contribution in [-0.2, 0) is 4.74 Å². The maximum Gasteiger partial charge on any atom is 0.255 e. The molecule has 1 aromatic carbocycles. The first kappa shape index (κ1) is 14.1. The average Bonchev–Trinajstić information content (AvgIpc) is 2.38. The molecule has 1 aliphatic rings. The molecule has 1 atom stereocenters. The summed E-state index contributed by atoms with van der Waals surface area (Å²) in [5.41, 5.74) is 0.497. The van der Waals surface area contributed by atoms with Gasteiger partial charge >= 0.3 is 0 Å². The van der Waals surface area contributed by atoms with Crippen molar-refractivity contribution in [2.45, 2.75) is 6.04 Å². The second-order valence-corrected chi connectivity index (χ2v) is 5.64. The maximum atomic E-state index is 12.4. The SMILES string of the molecule is O=C(c1ccc(Br)cc1Cl)N1CCOCC1CCl. The van der Waals surface area contributed by atoms with Crippen LogP contribution in [0, 0.1) is 0 Å². The normalized spacial score (nSPS) is 19.9. The Labute approximate surface area is 124 Å². The van der Waals surface area contributed by atoms with Gasteiger partial charge in [-0.25, -0.2) is 0 Å². The monoisotopic (exact) mass is 351 g/mol. The molecule has 0 spiro atoms. The molecule has 1 unspecified atom stereocenters. The van der Waals surface area contributed by atoms with Crippen LogP contribution < -0.4 is 0 Å². The highest BCUT2D eigenvalue weighted by Crippen LogP contribution is 2.24. The Hall–Kier alpha value is -0.290. The summed E-state index contributed by atoms with van der Waals surface area (Å²) in [4.78, 5) is 14.1. The Morgan fingerprint density at radius 3 is 3.00 bits per heavy atom. The Morgan fingerprint density at radius 1 is 1.56 bits per heavy atom. The van der Waals surface area contributed by atoms with Crippen LogP contribution in [0.3, 0.4) is 0 Å². The lowest BCUT2D eigenvalue weighted by Gasteiger charge is -2.34. The molecule has 1 aromatic rings. The van der Waals surface area contributed by atoms with Crippen molar-refractivity contribution in [3.05, 3.63) is 33.3 Å². The molecular formula is C12H12BrCl2NO2. The Morgan fingerprint density at radius 2 is 2.33 bits per heavy atom. The van der Waals surface area contributed by atoms with Gasteiger partial charge in [0.05, 0.1) is 29.8 Å². The molecule has 0 aromatic heterocycles. The van der Waals surface area contributed by atoms with Crippen LogP contribution >= 0.6 is 39.1 Å². The van der Waals surface area contributed by atoms with Gasteiger partial charge in [0.15, 0.2) is 0 Å². The first-order valence-electron chi connectivity index (χ1n) is 5.53. The van der Waals surface area contributed by atoms with E-state index in [9.17, 15) is 4.79 Å². The number of halogens is 3. The number of nitrogens with zero attached hydrogens (tertiary/aromatic N) is 1. The number of ether oxygens (including phenoxy) is 1. The molecule has 1 fully saturated rings.